The molecular weight excluding hydrogens is 358 g/mol. The van der Waals surface area contributed by atoms with Gasteiger partial charge in [-0.3, -0.25) is 4.79 Å². The summed E-state index contributed by atoms with van der Waals surface area (Å²) in [6, 6.07) is 18.2. The molecule has 0 saturated carbocycles. The Morgan fingerprint density at radius 2 is 2.00 bits per heavy atom. The Labute approximate surface area is 166 Å². The van der Waals surface area contributed by atoms with Crippen LogP contribution in [-0.2, 0) is 24.3 Å². The van der Waals surface area contributed by atoms with Gasteiger partial charge in [0.25, 0.3) is 0 Å². The molecule has 27 heavy (non-hydrogen) atoms. The van der Waals surface area contributed by atoms with E-state index in [1.807, 2.05) is 42.5 Å². The minimum absolute atomic E-state index is 0. The van der Waals surface area contributed by atoms with Gasteiger partial charge in [0, 0.05) is 25.7 Å². The van der Waals surface area contributed by atoms with Crippen molar-refractivity contribution in [2.24, 2.45) is 0 Å². The van der Waals surface area contributed by atoms with E-state index in [1.165, 1.54) is 11.1 Å². The standard InChI is InChI=1S/C22H23N3O.ClH/c23-13-5-15-25(17-18-6-2-1-3-7-18)22(26)11-10-19-8-4-9-20-16-24-14-12-21(19)20;/h1-4,6-11,24H,5,12,14-17H2;1H/b11-10+;. The third-order valence-electron chi connectivity index (χ3n) is 4.60. The van der Waals surface area contributed by atoms with E-state index in [9.17, 15) is 4.79 Å². The number of fused-ring (bicyclic) bond motifs is 1. The van der Waals surface area contributed by atoms with Crippen LogP contribution in [0.2, 0.25) is 0 Å². The number of hydrogen-bond acceptors (Lipinski definition) is 3. The molecule has 1 amide bonds. The monoisotopic (exact) mass is 381 g/mol. The fourth-order valence-electron chi connectivity index (χ4n) is 3.24. The molecule has 0 unspecified atom stereocenters. The summed E-state index contributed by atoms with van der Waals surface area (Å²) in [4.78, 5) is 14.4. The predicted octanol–water partition coefficient (Wildman–Crippen LogP) is 3.71. The molecular formula is C22H24ClN3O. The molecule has 2 aromatic rings. The molecule has 1 aliphatic rings. The molecule has 0 spiro atoms. The zero-order chi connectivity index (χ0) is 18.2. The maximum atomic E-state index is 12.7. The largest absolute Gasteiger partial charge is 0.334 e. The normalized spacial score (nSPS) is 12.7. The van der Waals surface area contributed by atoms with E-state index in [1.54, 1.807) is 11.0 Å². The van der Waals surface area contributed by atoms with E-state index in [4.69, 9.17) is 5.26 Å². The first-order chi connectivity index (χ1) is 12.8. The Morgan fingerprint density at radius 3 is 2.78 bits per heavy atom. The zero-order valence-corrected chi connectivity index (χ0v) is 16.0. The number of halogens is 1. The summed E-state index contributed by atoms with van der Waals surface area (Å²) in [6.45, 7) is 2.80. The van der Waals surface area contributed by atoms with Crippen molar-refractivity contribution < 1.29 is 4.79 Å². The molecule has 0 atom stereocenters. The van der Waals surface area contributed by atoms with Gasteiger partial charge in [-0.15, -0.1) is 12.4 Å². The highest BCUT2D eigenvalue weighted by atomic mass is 35.5. The Balaban J connectivity index is 0.00000261. The Kier molecular flexibility index (Phi) is 8.06. The van der Waals surface area contributed by atoms with Crippen LogP contribution in [0.1, 0.15) is 28.7 Å². The average molecular weight is 382 g/mol. The number of amides is 1. The topological polar surface area (TPSA) is 56.1 Å². The van der Waals surface area contributed by atoms with E-state index >= 15 is 0 Å². The minimum Gasteiger partial charge on any atom is -0.334 e. The van der Waals surface area contributed by atoms with Crippen LogP contribution in [0.3, 0.4) is 0 Å². The third kappa shape index (κ3) is 5.68. The van der Waals surface area contributed by atoms with Crippen molar-refractivity contribution in [2.75, 3.05) is 13.1 Å². The van der Waals surface area contributed by atoms with E-state index in [-0.39, 0.29) is 18.3 Å². The lowest BCUT2D eigenvalue weighted by Gasteiger charge is -2.21. The van der Waals surface area contributed by atoms with Crippen molar-refractivity contribution in [2.45, 2.75) is 25.9 Å². The summed E-state index contributed by atoms with van der Waals surface area (Å²) in [7, 11) is 0. The summed E-state index contributed by atoms with van der Waals surface area (Å²) in [6.07, 6.45) is 4.86. The fraction of sp³-hybridized carbons (Fsp3) is 0.273. The molecule has 0 bridgehead atoms. The Morgan fingerprint density at radius 1 is 1.19 bits per heavy atom. The first-order valence-corrected chi connectivity index (χ1v) is 8.97. The maximum Gasteiger partial charge on any atom is 0.246 e. The second-order valence-corrected chi connectivity index (χ2v) is 6.40. The van der Waals surface area contributed by atoms with Crippen LogP contribution >= 0.6 is 12.4 Å². The highest BCUT2D eigenvalue weighted by Crippen LogP contribution is 2.20. The molecule has 4 nitrogen and oxygen atoms in total. The smallest absolute Gasteiger partial charge is 0.246 e. The molecule has 3 rings (SSSR count). The number of hydrogen-bond donors (Lipinski definition) is 1. The lowest BCUT2D eigenvalue weighted by atomic mass is 9.95. The number of nitrogens with one attached hydrogen (secondary N) is 1. The average Bonchev–Trinajstić information content (AvgIpc) is 2.70. The molecule has 5 heteroatoms. The van der Waals surface area contributed by atoms with Gasteiger partial charge in [0.05, 0.1) is 12.5 Å². The predicted molar refractivity (Wildman–Crippen MR) is 110 cm³/mol. The molecule has 1 aliphatic heterocycles. The van der Waals surface area contributed by atoms with Crippen molar-refractivity contribution in [3.63, 3.8) is 0 Å². The van der Waals surface area contributed by atoms with Crippen LogP contribution in [-0.4, -0.2) is 23.9 Å². The van der Waals surface area contributed by atoms with Crippen molar-refractivity contribution in [1.29, 1.82) is 5.26 Å². The van der Waals surface area contributed by atoms with Gasteiger partial charge in [0.15, 0.2) is 0 Å². The van der Waals surface area contributed by atoms with Crippen LogP contribution in [0.5, 0.6) is 0 Å². The van der Waals surface area contributed by atoms with Crippen molar-refractivity contribution in [1.82, 2.24) is 10.2 Å². The van der Waals surface area contributed by atoms with Crippen LogP contribution in [0.15, 0.2) is 54.6 Å². The van der Waals surface area contributed by atoms with Gasteiger partial charge in [-0.2, -0.15) is 5.26 Å². The van der Waals surface area contributed by atoms with Gasteiger partial charge in [-0.1, -0.05) is 48.5 Å². The van der Waals surface area contributed by atoms with Gasteiger partial charge in [0.1, 0.15) is 0 Å². The van der Waals surface area contributed by atoms with E-state index < -0.39 is 0 Å². The summed E-state index contributed by atoms with van der Waals surface area (Å²) < 4.78 is 0. The zero-order valence-electron chi connectivity index (χ0n) is 15.2. The van der Waals surface area contributed by atoms with Crippen molar-refractivity contribution in [3.8, 4) is 6.07 Å². The van der Waals surface area contributed by atoms with E-state index in [2.05, 4.69) is 23.5 Å². The first-order valence-electron chi connectivity index (χ1n) is 8.97. The quantitative estimate of drug-likeness (QED) is 0.776. The van der Waals surface area contributed by atoms with Crippen LogP contribution < -0.4 is 5.32 Å². The lowest BCUT2D eigenvalue weighted by Crippen LogP contribution is -2.29. The van der Waals surface area contributed by atoms with Gasteiger partial charge < -0.3 is 10.2 Å². The van der Waals surface area contributed by atoms with Crippen molar-refractivity contribution >= 4 is 24.4 Å². The van der Waals surface area contributed by atoms with E-state index in [0.717, 1.165) is 30.6 Å². The Bertz CT molecular complexity index is 827. The second-order valence-electron chi connectivity index (χ2n) is 6.40. The molecule has 0 fully saturated rings. The number of nitrogens with zero attached hydrogens (tertiary/aromatic N) is 2. The van der Waals surface area contributed by atoms with E-state index in [0.29, 0.717) is 19.5 Å². The molecule has 0 saturated heterocycles. The van der Waals surface area contributed by atoms with Crippen LogP contribution in [0.25, 0.3) is 6.08 Å². The lowest BCUT2D eigenvalue weighted by molar-refractivity contribution is -0.126. The first kappa shape index (κ1) is 20.7. The summed E-state index contributed by atoms with van der Waals surface area (Å²) in [5, 5.41) is 12.3. The highest BCUT2D eigenvalue weighted by molar-refractivity contribution is 5.92. The number of nitriles is 1. The number of benzene rings is 2. The summed E-state index contributed by atoms with van der Waals surface area (Å²) in [5.74, 6) is -0.0596. The molecule has 0 aliphatic carbocycles. The Hall–Kier alpha value is -2.61. The number of carbonyl (C=O) groups is 1. The van der Waals surface area contributed by atoms with Gasteiger partial charge >= 0.3 is 0 Å². The maximum absolute atomic E-state index is 12.7. The molecule has 2 aromatic carbocycles. The van der Waals surface area contributed by atoms with Gasteiger partial charge in [-0.05, 0) is 41.3 Å². The fourth-order valence-corrected chi connectivity index (χ4v) is 3.24. The molecule has 0 aromatic heterocycles. The number of rotatable bonds is 6. The third-order valence-corrected chi connectivity index (χ3v) is 4.60. The summed E-state index contributed by atoms with van der Waals surface area (Å²) in [5.41, 5.74) is 4.80. The highest BCUT2D eigenvalue weighted by Gasteiger charge is 2.13. The molecule has 140 valence electrons. The van der Waals surface area contributed by atoms with Crippen LogP contribution in [0, 0.1) is 11.3 Å². The van der Waals surface area contributed by atoms with Gasteiger partial charge in [-0.25, -0.2) is 0 Å². The number of carbonyl (C=O) groups excluding carboxylic acids is 1. The van der Waals surface area contributed by atoms with Gasteiger partial charge in [0.2, 0.25) is 5.91 Å². The van der Waals surface area contributed by atoms with Crippen LogP contribution in [0.4, 0.5) is 0 Å². The molecule has 1 heterocycles. The van der Waals surface area contributed by atoms with Crippen molar-refractivity contribution in [3.05, 3.63) is 76.9 Å². The second kappa shape index (κ2) is 10.5. The molecule has 1 N–H and O–H groups in total. The minimum atomic E-state index is -0.0596. The SMILES string of the molecule is Cl.N#CCCN(Cc1ccccc1)C(=O)/C=C/c1cccc2c1CCNC2. The summed E-state index contributed by atoms with van der Waals surface area (Å²) >= 11 is 0. The molecule has 0 radical (unpaired) electrons.